The van der Waals surface area contributed by atoms with Crippen LogP contribution >= 0.6 is 27.5 Å². The number of benzene rings is 1. The summed E-state index contributed by atoms with van der Waals surface area (Å²) < 4.78 is 25.5. The summed E-state index contributed by atoms with van der Waals surface area (Å²) in [5, 5.41) is 1.12. The summed E-state index contributed by atoms with van der Waals surface area (Å²) in [5.41, 5.74) is 0. The maximum absolute atomic E-state index is 12.1. The molecule has 0 aliphatic heterocycles. The van der Waals surface area contributed by atoms with Crippen LogP contribution in [0.5, 0.6) is 0 Å². The topological polar surface area (TPSA) is 37.4 Å². The van der Waals surface area contributed by atoms with E-state index in [9.17, 15) is 8.42 Å². The Labute approximate surface area is 110 Å². The molecule has 1 unspecified atom stereocenters. The Kier molecular flexibility index (Phi) is 4.79. The molecule has 0 bridgehead atoms. The van der Waals surface area contributed by atoms with E-state index in [-0.39, 0.29) is 10.9 Å². The van der Waals surface area contributed by atoms with Gasteiger partial charge in [0.25, 0.3) is 0 Å². The summed E-state index contributed by atoms with van der Waals surface area (Å²) in [5.74, 6) is 0. The molecule has 1 aromatic rings. The number of rotatable bonds is 4. The molecule has 0 N–H and O–H groups in total. The molecule has 90 valence electrons. The number of hydrogen-bond donors (Lipinski definition) is 0. The van der Waals surface area contributed by atoms with E-state index in [1.807, 2.05) is 6.92 Å². The average Bonchev–Trinajstić information content (AvgIpc) is 2.27. The molecule has 16 heavy (non-hydrogen) atoms. The molecule has 0 fully saturated rings. The highest BCUT2D eigenvalue weighted by Gasteiger charge is 2.24. The van der Waals surface area contributed by atoms with Crippen molar-refractivity contribution in [2.24, 2.45) is 0 Å². The largest absolute Gasteiger partial charge is 0.243 e. The highest BCUT2D eigenvalue weighted by Crippen LogP contribution is 2.19. The van der Waals surface area contributed by atoms with Gasteiger partial charge in [-0.3, -0.25) is 0 Å². The molecule has 0 aromatic heterocycles. The lowest BCUT2D eigenvalue weighted by atomic mass is 10.4. The molecule has 0 aliphatic rings. The first-order valence-electron chi connectivity index (χ1n) is 4.69. The Hall–Kier alpha value is -0.100. The third-order valence-electron chi connectivity index (χ3n) is 2.33. The summed E-state index contributed by atoms with van der Waals surface area (Å²) in [7, 11) is -1.86. The van der Waals surface area contributed by atoms with Gasteiger partial charge in [0.05, 0.1) is 4.90 Å². The number of nitrogens with zero attached hydrogens (tertiary/aromatic N) is 1. The smallest absolute Gasteiger partial charge is 0.207 e. The fourth-order valence-corrected chi connectivity index (χ4v) is 3.22. The van der Waals surface area contributed by atoms with E-state index in [4.69, 9.17) is 11.6 Å². The zero-order chi connectivity index (χ0) is 12.3. The third kappa shape index (κ3) is 2.97. The lowest BCUT2D eigenvalue weighted by molar-refractivity contribution is 0.416. The van der Waals surface area contributed by atoms with Gasteiger partial charge in [-0.2, -0.15) is 4.31 Å². The molecule has 1 aromatic carbocycles. The first kappa shape index (κ1) is 14.0. The van der Waals surface area contributed by atoms with Crippen molar-refractivity contribution in [3.63, 3.8) is 0 Å². The lowest BCUT2D eigenvalue weighted by Gasteiger charge is -2.22. The summed E-state index contributed by atoms with van der Waals surface area (Å²) >= 11 is 8.98. The van der Waals surface area contributed by atoms with E-state index in [1.165, 1.54) is 16.4 Å². The van der Waals surface area contributed by atoms with Gasteiger partial charge in [-0.15, -0.1) is 0 Å². The van der Waals surface area contributed by atoms with Gasteiger partial charge in [0.1, 0.15) is 0 Å². The van der Waals surface area contributed by atoms with Gasteiger partial charge >= 0.3 is 0 Å². The van der Waals surface area contributed by atoms with Crippen molar-refractivity contribution in [3.8, 4) is 0 Å². The molecule has 0 aliphatic carbocycles. The maximum Gasteiger partial charge on any atom is 0.243 e. The summed E-state index contributed by atoms with van der Waals surface area (Å²) in [6.07, 6.45) is 0. The van der Waals surface area contributed by atoms with Gasteiger partial charge < -0.3 is 0 Å². The molecule has 0 saturated carbocycles. The minimum atomic E-state index is -3.42. The van der Waals surface area contributed by atoms with Crippen LogP contribution in [0.1, 0.15) is 6.92 Å². The van der Waals surface area contributed by atoms with E-state index < -0.39 is 10.0 Å². The number of alkyl halides is 1. The van der Waals surface area contributed by atoms with Crippen LogP contribution < -0.4 is 0 Å². The van der Waals surface area contributed by atoms with Crippen LogP contribution in [0, 0.1) is 0 Å². The second kappa shape index (κ2) is 5.49. The average molecular weight is 327 g/mol. The van der Waals surface area contributed by atoms with Crippen molar-refractivity contribution in [2.45, 2.75) is 17.9 Å². The summed E-state index contributed by atoms with van der Waals surface area (Å²) in [6.45, 7) is 1.84. The first-order valence-corrected chi connectivity index (χ1v) is 7.63. The van der Waals surface area contributed by atoms with Crippen LogP contribution in [0.15, 0.2) is 29.2 Å². The summed E-state index contributed by atoms with van der Waals surface area (Å²) in [4.78, 5) is 0.257. The molecule has 1 atom stereocenters. The quantitative estimate of drug-likeness (QED) is 0.798. The maximum atomic E-state index is 12.1. The Morgan fingerprint density at radius 3 is 2.31 bits per heavy atom. The third-order valence-corrected chi connectivity index (χ3v) is 5.51. The monoisotopic (exact) mass is 325 g/mol. The molecular formula is C10H13BrClNO2S. The second-order valence-corrected chi connectivity index (χ2v) is 6.56. The van der Waals surface area contributed by atoms with E-state index in [0.717, 1.165) is 0 Å². The number of sulfonamides is 1. The van der Waals surface area contributed by atoms with Crippen LogP contribution in [0.2, 0.25) is 5.02 Å². The molecule has 3 nitrogen and oxygen atoms in total. The van der Waals surface area contributed by atoms with Crippen LogP contribution in [0.3, 0.4) is 0 Å². The zero-order valence-corrected chi connectivity index (χ0v) is 12.2. The molecule has 0 radical (unpaired) electrons. The molecule has 1 rings (SSSR count). The molecule has 0 amide bonds. The highest BCUT2D eigenvalue weighted by molar-refractivity contribution is 9.09. The van der Waals surface area contributed by atoms with Crippen molar-refractivity contribution in [1.82, 2.24) is 4.31 Å². The Morgan fingerprint density at radius 2 is 1.88 bits per heavy atom. The number of hydrogen-bond acceptors (Lipinski definition) is 2. The fraction of sp³-hybridized carbons (Fsp3) is 0.400. The van der Waals surface area contributed by atoms with Crippen LogP contribution in [-0.4, -0.2) is 31.1 Å². The van der Waals surface area contributed by atoms with Crippen LogP contribution in [-0.2, 0) is 10.0 Å². The van der Waals surface area contributed by atoms with Gasteiger partial charge in [-0.05, 0) is 31.2 Å². The standard InChI is InChI=1S/C10H13BrClNO2S/c1-8(7-11)13(2)16(14,15)10-5-3-9(12)4-6-10/h3-6,8H,7H2,1-2H3. The zero-order valence-electron chi connectivity index (χ0n) is 9.02. The van der Waals surface area contributed by atoms with Gasteiger partial charge in [-0.25, -0.2) is 8.42 Å². The second-order valence-electron chi connectivity index (χ2n) is 3.48. The van der Waals surface area contributed by atoms with Crippen LogP contribution in [0.4, 0.5) is 0 Å². The Bertz CT molecular complexity index is 446. The van der Waals surface area contributed by atoms with Gasteiger partial charge in [-0.1, -0.05) is 27.5 Å². The number of halogens is 2. The van der Waals surface area contributed by atoms with Crippen molar-refractivity contribution >= 4 is 37.6 Å². The first-order chi connectivity index (χ1) is 7.39. The van der Waals surface area contributed by atoms with Crippen molar-refractivity contribution in [3.05, 3.63) is 29.3 Å². The molecule has 6 heteroatoms. The van der Waals surface area contributed by atoms with E-state index in [0.29, 0.717) is 10.4 Å². The van der Waals surface area contributed by atoms with E-state index in [1.54, 1.807) is 19.2 Å². The molecule has 0 spiro atoms. The minimum absolute atomic E-state index is 0.0966. The normalized spacial score (nSPS) is 14.1. The van der Waals surface area contributed by atoms with Crippen molar-refractivity contribution in [1.29, 1.82) is 0 Å². The Balaban J connectivity index is 3.07. The SMILES string of the molecule is CC(CBr)N(C)S(=O)(=O)c1ccc(Cl)cc1. The molecular weight excluding hydrogens is 314 g/mol. The minimum Gasteiger partial charge on any atom is -0.207 e. The highest BCUT2D eigenvalue weighted by atomic mass is 79.9. The van der Waals surface area contributed by atoms with E-state index in [2.05, 4.69) is 15.9 Å². The van der Waals surface area contributed by atoms with E-state index >= 15 is 0 Å². The van der Waals surface area contributed by atoms with Crippen molar-refractivity contribution in [2.75, 3.05) is 12.4 Å². The van der Waals surface area contributed by atoms with Crippen LogP contribution in [0.25, 0.3) is 0 Å². The summed E-state index contributed by atoms with van der Waals surface area (Å²) in [6, 6.07) is 6.06. The predicted octanol–water partition coefficient (Wildman–Crippen LogP) is 2.74. The molecule has 0 heterocycles. The van der Waals surface area contributed by atoms with Gasteiger partial charge in [0, 0.05) is 23.4 Å². The Morgan fingerprint density at radius 1 is 1.38 bits per heavy atom. The molecule has 0 saturated heterocycles. The van der Waals surface area contributed by atoms with Gasteiger partial charge in [0.15, 0.2) is 0 Å². The fourth-order valence-electron chi connectivity index (χ4n) is 1.11. The van der Waals surface area contributed by atoms with Gasteiger partial charge in [0.2, 0.25) is 10.0 Å². The van der Waals surface area contributed by atoms with Crippen molar-refractivity contribution < 1.29 is 8.42 Å². The lowest BCUT2D eigenvalue weighted by Crippen LogP contribution is -2.36. The predicted molar refractivity (Wildman–Crippen MR) is 69.7 cm³/mol.